The maximum atomic E-state index is 6.32. The van der Waals surface area contributed by atoms with Gasteiger partial charge in [0.05, 0.1) is 6.04 Å². The number of hydrazine groups is 1. The molecule has 2 aromatic carbocycles. The first-order valence-corrected chi connectivity index (χ1v) is 6.84. The van der Waals surface area contributed by atoms with Gasteiger partial charge in [-0.05, 0) is 41.7 Å². The molecule has 100 valence electrons. The van der Waals surface area contributed by atoms with E-state index in [0.717, 1.165) is 28.1 Å². The van der Waals surface area contributed by atoms with Crippen molar-refractivity contribution in [2.75, 3.05) is 0 Å². The van der Waals surface area contributed by atoms with Crippen molar-refractivity contribution < 1.29 is 0 Å². The molecule has 1 atom stereocenters. The summed E-state index contributed by atoms with van der Waals surface area (Å²) >= 11 is 6.32. The van der Waals surface area contributed by atoms with Crippen molar-refractivity contribution >= 4 is 11.6 Å². The lowest BCUT2D eigenvalue weighted by Crippen LogP contribution is -2.29. The first kappa shape index (κ1) is 14.1. The molecule has 0 spiro atoms. The van der Waals surface area contributed by atoms with Crippen LogP contribution in [0.4, 0.5) is 0 Å². The second-order valence-corrected chi connectivity index (χ2v) is 5.13. The zero-order valence-electron chi connectivity index (χ0n) is 11.3. The molecule has 0 bridgehead atoms. The Balaban J connectivity index is 2.37. The minimum Gasteiger partial charge on any atom is -0.271 e. The van der Waals surface area contributed by atoms with Gasteiger partial charge in [-0.25, -0.2) is 5.43 Å². The Hall–Kier alpha value is -1.35. The third kappa shape index (κ3) is 3.16. The summed E-state index contributed by atoms with van der Waals surface area (Å²) in [6.07, 6.45) is 1.03. The molecule has 0 fully saturated rings. The standard InChI is InChI=1S/C16H19ClN2/c1-3-12-5-7-13(8-6-12)16(19-18)14-9-4-11(2)10-15(14)17/h4-10,16,19H,3,18H2,1-2H3. The van der Waals surface area contributed by atoms with E-state index in [1.807, 2.05) is 25.1 Å². The molecule has 0 saturated carbocycles. The summed E-state index contributed by atoms with van der Waals surface area (Å²) in [6, 6.07) is 14.4. The van der Waals surface area contributed by atoms with Crippen LogP contribution in [0.1, 0.15) is 35.2 Å². The summed E-state index contributed by atoms with van der Waals surface area (Å²) in [6.45, 7) is 4.17. The summed E-state index contributed by atoms with van der Waals surface area (Å²) in [7, 11) is 0. The Labute approximate surface area is 119 Å². The summed E-state index contributed by atoms with van der Waals surface area (Å²) in [4.78, 5) is 0. The van der Waals surface area contributed by atoms with Crippen molar-refractivity contribution in [3.05, 3.63) is 69.7 Å². The topological polar surface area (TPSA) is 38.0 Å². The van der Waals surface area contributed by atoms with Gasteiger partial charge >= 0.3 is 0 Å². The quantitative estimate of drug-likeness (QED) is 0.658. The molecule has 2 nitrogen and oxygen atoms in total. The van der Waals surface area contributed by atoms with Gasteiger partial charge in [-0.3, -0.25) is 5.84 Å². The van der Waals surface area contributed by atoms with Gasteiger partial charge in [0.15, 0.2) is 0 Å². The third-order valence-corrected chi connectivity index (χ3v) is 3.68. The van der Waals surface area contributed by atoms with Crippen LogP contribution >= 0.6 is 11.6 Å². The van der Waals surface area contributed by atoms with Crippen LogP contribution in [0.25, 0.3) is 0 Å². The van der Waals surface area contributed by atoms with Crippen molar-refractivity contribution in [3.8, 4) is 0 Å². The molecule has 2 rings (SSSR count). The van der Waals surface area contributed by atoms with Crippen LogP contribution in [0.2, 0.25) is 5.02 Å². The van der Waals surface area contributed by atoms with E-state index in [4.69, 9.17) is 17.4 Å². The number of rotatable bonds is 4. The van der Waals surface area contributed by atoms with Crippen LogP contribution in [0.15, 0.2) is 42.5 Å². The monoisotopic (exact) mass is 274 g/mol. The van der Waals surface area contributed by atoms with Gasteiger partial charge < -0.3 is 0 Å². The summed E-state index contributed by atoms with van der Waals surface area (Å²) < 4.78 is 0. The predicted octanol–water partition coefficient (Wildman–Crippen LogP) is 3.76. The molecule has 0 aliphatic rings. The smallest absolute Gasteiger partial charge is 0.0724 e. The Kier molecular flexibility index (Phi) is 4.59. The molecular formula is C16H19ClN2. The first-order chi connectivity index (χ1) is 9.15. The van der Waals surface area contributed by atoms with E-state index >= 15 is 0 Å². The molecule has 1 unspecified atom stereocenters. The molecule has 0 amide bonds. The first-order valence-electron chi connectivity index (χ1n) is 6.46. The van der Waals surface area contributed by atoms with Gasteiger partial charge in [-0.2, -0.15) is 0 Å². The molecule has 0 aromatic heterocycles. The number of aryl methyl sites for hydroxylation is 2. The molecule has 3 heteroatoms. The van der Waals surface area contributed by atoms with Gasteiger partial charge in [0.25, 0.3) is 0 Å². The molecule has 0 radical (unpaired) electrons. The van der Waals surface area contributed by atoms with E-state index in [1.165, 1.54) is 5.56 Å². The fourth-order valence-corrected chi connectivity index (χ4v) is 2.52. The zero-order chi connectivity index (χ0) is 13.8. The lowest BCUT2D eigenvalue weighted by Gasteiger charge is -2.19. The number of hydrogen-bond donors (Lipinski definition) is 2. The molecule has 3 N–H and O–H groups in total. The second kappa shape index (κ2) is 6.20. The maximum absolute atomic E-state index is 6.32. The number of nitrogens with two attached hydrogens (primary N) is 1. The average molecular weight is 275 g/mol. The highest BCUT2D eigenvalue weighted by Gasteiger charge is 2.15. The van der Waals surface area contributed by atoms with Crippen LogP contribution in [-0.2, 0) is 6.42 Å². The molecule has 0 saturated heterocycles. The van der Waals surface area contributed by atoms with Crippen LogP contribution in [-0.4, -0.2) is 0 Å². The highest BCUT2D eigenvalue weighted by Crippen LogP contribution is 2.28. The van der Waals surface area contributed by atoms with Crippen LogP contribution < -0.4 is 11.3 Å². The average Bonchev–Trinajstić information content (AvgIpc) is 2.42. The number of hydrogen-bond acceptors (Lipinski definition) is 2. The van der Waals surface area contributed by atoms with E-state index in [1.54, 1.807) is 0 Å². The van der Waals surface area contributed by atoms with Gasteiger partial charge in [-0.15, -0.1) is 0 Å². The number of halogens is 1. The van der Waals surface area contributed by atoms with Crippen LogP contribution in [0.5, 0.6) is 0 Å². The van der Waals surface area contributed by atoms with E-state index < -0.39 is 0 Å². The van der Waals surface area contributed by atoms with Gasteiger partial charge in [0.1, 0.15) is 0 Å². The van der Waals surface area contributed by atoms with Crippen molar-refractivity contribution in [2.24, 2.45) is 5.84 Å². The van der Waals surface area contributed by atoms with Gasteiger partial charge in [-0.1, -0.05) is 54.9 Å². The second-order valence-electron chi connectivity index (χ2n) is 4.72. The molecule has 0 aliphatic heterocycles. The highest BCUT2D eigenvalue weighted by molar-refractivity contribution is 6.31. The maximum Gasteiger partial charge on any atom is 0.0724 e. The highest BCUT2D eigenvalue weighted by atomic mass is 35.5. The van der Waals surface area contributed by atoms with Crippen molar-refractivity contribution in [1.82, 2.24) is 5.43 Å². The number of nitrogens with one attached hydrogen (secondary N) is 1. The third-order valence-electron chi connectivity index (χ3n) is 3.35. The van der Waals surface area contributed by atoms with Crippen LogP contribution in [0, 0.1) is 6.92 Å². The lowest BCUT2D eigenvalue weighted by atomic mass is 9.97. The van der Waals surface area contributed by atoms with Crippen molar-refractivity contribution in [2.45, 2.75) is 26.3 Å². The van der Waals surface area contributed by atoms with Crippen molar-refractivity contribution in [3.63, 3.8) is 0 Å². The molecule has 19 heavy (non-hydrogen) atoms. The van der Waals surface area contributed by atoms with Gasteiger partial charge in [0.2, 0.25) is 0 Å². The van der Waals surface area contributed by atoms with E-state index in [2.05, 4.69) is 36.6 Å². The van der Waals surface area contributed by atoms with Crippen LogP contribution in [0.3, 0.4) is 0 Å². The predicted molar refractivity (Wildman–Crippen MR) is 81.2 cm³/mol. The largest absolute Gasteiger partial charge is 0.271 e. The van der Waals surface area contributed by atoms with E-state index in [-0.39, 0.29) is 6.04 Å². The minimum atomic E-state index is -0.0843. The van der Waals surface area contributed by atoms with E-state index in [9.17, 15) is 0 Å². The summed E-state index contributed by atoms with van der Waals surface area (Å²) in [5.74, 6) is 5.71. The molecule has 0 aliphatic carbocycles. The zero-order valence-corrected chi connectivity index (χ0v) is 12.0. The lowest BCUT2D eigenvalue weighted by molar-refractivity contribution is 0.637. The SMILES string of the molecule is CCc1ccc(C(NN)c2ccc(C)cc2Cl)cc1. The molecule has 2 aromatic rings. The Bertz CT molecular complexity index is 549. The number of benzene rings is 2. The molecule has 0 heterocycles. The summed E-state index contributed by atoms with van der Waals surface area (Å²) in [5.41, 5.74) is 7.42. The fraction of sp³-hybridized carbons (Fsp3) is 0.250. The fourth-order valence-electron chi connectivity index (χ4n) is 2.18. The Morgan fingerprint density at radius 1 is 1.16 bits per heavy atom. The molecular weight excluding hydrogens is 256 g/mol. The van der Waals surface area contributed by atoms with Gasteiger partial charge in [0, 0.05) is 5.02 Å². The van der Waals surface area contributed by atoms with Crippen molar-refractivity contribution in [1.29, 1.82) is 0 Å². The Morgan fingerprint density at radius 3 is 2.37 bits per heavy atom. The summed E-state index contributed by atoms with van der Waals surface area (Å²) in [5, 5.41) is 0.738. The Morgan fingerprint density at radius 2 is 1.84 bits per heavy atom. The van der Waals surface area contributed by atoms with E-state index in [0.29, 0.717) is 0 Å². The normalized spacial score (nSPS) is 12.4. The minimum absolute atomic E-state index is 0.0843.